The number of hydrogen-bond donors (Lipinski definition) is 1. The third-order valence-corrected chi connectivity index (χ3v) is 4.93. The van der Waals surface area contributed by atoms with Crippen LogP contribution in [0.15, 0.2) is 30.3 Å². The molecule has 1 heterocycles. The van der Waals surface area contributed by atoms with Crippen LogP contribution in [0.2, 0.25) is 5.02 Å². The molecule has 0 saturated heterocycles. The molecule has 3 aromatic rings. The van der Waals surface area contributed by atoms with Gasteiger partial charge in [-0.25, -0.2) is 4.98 Å². The molecule has 2 aromatic carbocycles. The summed E-state index contributed by atoms with van der Waals surface area (Å²) in [6.45, 7) is 7.41. The Labute approximate surface area is 153 Å². The van der Waals surface area contributed by atoms with Crippen molar-refractivity contribution in [2.24, 2.45) is 0 Å². The van der Waals surface area contributed by atoms with Crippen molar-refractivity contribution in [1.82, 2.24) is 9.55 Å². The van der Waals surface area contributed by atoms with Gasteiger partial charge in [0.05, 0.1) is 17.6 Å². The highest BCUT2D eigenvalue weighted by Crippen LogP contribution is 2.23. The van der Waals surface area contributed by atoms with Gasteiger partial charge in [0.25, 0.3) is 0 Å². The number of aromatic nitrogens is 2. The minimum absolute atomic E-state index is 0.0655. The van der Waals surface area contributed by atoms with Crippen molar-refractivity contribution >= 4 is 22.6 Å². The fourth-order valence-electron chi connectivity index (χ4n) is 2.92. The van der Waals surface area contributed by atoms with Crippen molar-refractivity contribution in [1.29, 1.82) is 0 Å². The predicted octanol–water partition coefficient (Wildman–Crippen LogP) is 4.58. The minimum Gasteiger partial charge on any atom is -0.494 e. The van der Waals surface area contributed by atoms with Crippen LogP contribution < -0.4 is 4.74 Å². The summed E-state index contributed by atoms with van der Waals surface area (Å²) in [5.74, 6) is 1.52. The summed E-state index contributed by atoms with van der Waals surface area (Å²) in [7, 11) is 0. The van der Waals surface area contributed by atoms with Crippen LogP contribution >= 0.6 is 11.6 Å². The fraction of sp³-hybridized carbons (Fsp3) is 0.350. The lowest BCUT2D eigenvalue weighted by atomic mass is 10.1. The van der Waals surface area contributed by atoms with Crippen molar-refractivity contribution in [3.63, 3.8) is 0 Å². The molecule has 0 atom stereocenters. The van der Waals surface area contributed by atoms with Gasteiger partial charge in [-0.15, -0.1) is 0 Å². The van der Waals surface area contributed by atoms with Gasteiger partial charge in [0, 0.05) is 11.6 Å². The molecule has 0 amide bonds. The van der Waals surface area contributed by atoms with Gasteiger partial charge in [-0.3, -0.25) is 0 Å². The Morgan fingerprint density at radius 1 is 1.08 bits per heavy atom. The molecule has 4 nitrogen and oxygen atoms in total. The lowest BCUT2D eigenvalue weighted by Crippen LogP contribution is -2.08. The second-order valence-electron chi connectivity index (χ2n) is 6.38. The largest absolute Gasteiger partial charge is 0.494 e. The molecule has 0 fully saturated rings. The first-order valence-electron chi connectivity index (χ1n) is 8.45. The van der Waals surface area contributed by atoms with Gasteiger partial charge in [0.2, 0.25) is 0 Å². The van der Waals surface area contributed by atoms with Crippen LogP contribution in [0.5, 0.6) is 5.75 Å². The van der Waals surface area contributed by atoms with E-state index in [1.54, 1.807) is 0 Å². The van der Waals surface area contributed by atoms with Gasteiger partial charge in [-0.2, -0.15) is 0 Å². The van der Waals surface area contributed by atoms with E-state index in [2.05, 4.69) is 35.5 Å². The summed E-state index contributed by atoms with van der Waals surface area (Å²) >= 11 is 6.03. The fourth-order valence-corrected chi connectivity index (χ4v) is 3.04. The smallest absolute Gasteiger partial charge is 0.135 e. The number of aliphatic hydroxyl groups excluding tert-OH is 1. The van der Waals surface area contributed by atoms with Crippen LogP contribution in [0.25, 0.3) is 11.0 Å². The standard InChI is InChI=1S/C20H23ClN2O2/c1-13-10-18-19(11-14(13)2)23(20(12-24)22-18)7-4-8-25-16-5-6-17(21)15(3)9-16/h5-6,9-11,24H,4,7-8,12H2,1-3H3. The highest BCUT2D eigenvalue weighted by molar-refractivity contribution is 6.31. The molecule has 25 heavy (non-hydrogen) atoms. The number of rotatable bonds is 6. The Morgan fingerprint density at radius 3 is 2.56 bits per heavy atom. The molecule has 0 unspecified atom stereocenters. The molecule has 3 rings (SSSR count). The first kappa shape index (κ1) is 17.8. The van der Waals surface area contributed by atoms with E-state index in [4.69, 9.17) is 16.3 Å². The average molecular weight is 359 g/mol. The molecule has 1 aromatic heterocycles. The number of aliphatic hydroxyl groups is 1. The quantitative estimate of drug-likeness (QED) is 0.656. The van der Waals surface area contributed by atoms with Crippen LogP contribution in [0.1, 0.15) is 28.9 Å². The van der Waals surface area contributed by atoms with Gasteiger partial charge in [0.15, 0.2) is 0 Å². The van der Waals surface area contributed by atoms with Gasteiger partial charge in [-0.1, -0.05) is 11.6 Å². The van der Waals surface area contributed by atoms with Gasteiger partial charge >= 0.3 is 0 Å². The number of hydrogen-bond acceptors (Lipinski definition) is 3. The molecular weight excluding hydrogens is 336 g/mol. The summed E-state index contributed by atoms with van der Waals surface area (Å²) in [4.78, 5) is 4.55. The van der Waals surface area contributed by atoms with Crippen molar-refractivity contribution in [3.05, 3.63) is 57.9 Å². The maximum Gasteiger partial charge on any atom is 0.135 e. The summed E-state index contributed by atoms with van der Waals surface area (Å²) < 4.78 is 7.90. The van der Waals surface area contributed by atoms with E-state index in [-0.39, 0.29) is 6.61 Å². The SMILES string of the molecule is Cc1cc2nc(CO)n(CCCOc3ccc(Cl)c(C)c3)c2cc1C. The average Bonchev–Trinajstić information content (AvgIpc) is 2.92. The second-order valence-corrected chi connectivity index (χ2v) is 6.78. The summed E-state index contributed by atoms with van der Waals surface area (Å²) in [5.41, 5.74) is 5.44. The Morgan fingerprint density at radius 2 is 1.84 bits per heavy atom. The number of benzene rings is 2. The van der Waals surface area contributed by atoms with Crippen LogP contribution in [0.3, 0.4) is 0 Å². The molecule has 0 spiro atoms. The lowest BCUT2D eigenvalue weighted by Gasteiger charge is -2.11. The molecule has 0 bridgehead atoms. The van der Waals surface area contributed by atoms with Crippen LogP contribution in [0, 0.1) is 20.8 Å². The number of nitrogens with zero attached hydrogens (tertiary/aromatic N) is 2. The molecular formula is C20H23ClN2O2. The first-order chi connectivity index (χ1) is 12.0. The Bertz CT molecular complexity index is 902. The van der Waals surface area contributed by atoms with Crippen molar-refractivity contribution in [2.75, 3.05) is 6.61 Å². The Kier molecular flexibility index (Phi) is 5.30. The molecule has 1 N–H and O–H groups in total. The second kappa shape index (κ2) is 7.46. The summed E-state index contributed by atoms with van der Waals surface area (Å²) in [6.07, 6.45) is 0.826. The zero-order valence-electron chi connectivity index (χ0n) is 14.8. The molecule has 0 aliphatic rings. The number of aryl methyl sites for hydroxylation is 4. The Balaban J connectivity index is 1.70. The minimum atomic E-state index is -0.0655. The highest BCUT2D eigenvalue weighted by Gasteiger charge is 2.11. The van der Waals surface area contributed by atoms with Crippen LogP contribution in [-0.4, -0.2) is 21.3 Å². The number of halogens is 1. The van der Waals surface area contributed by atoms with E-state index in [0.29, 0.717) is 12.4 Å². The van der Waals surface area contributed by atoms with E-state index >= 15 is 0 Å². The van der Waals surface area contributed by atoms with Crippen molar-refractivity contribution in [2.45, 2.75) is 40.3 Å². The monoisotopic (exact) mass is 358 g/mol. The van der Waals surface area contributed by atoms with E-state index in [1.165, 1.54) is 11.1 Å². The third-order valence-electron chi connectivity index (χ3n) is 4.51. The van der Waals surface area contributed by atoms with Crippen LogP contribution in [0.4, 0.5) is 0 Å². The van der Waals surface area contributed by atoms with E-state index in [9.17, 15) is 5.11 Å². The molecule has 0 aliphatic carbocycles. The molecule has 5 heteroatoms. The van der Waals surface area contributed by atoms with E-state index in [0.717, 1.165) is 40.3 Å². The number of ether oxygens (including phenoxy) is 1. The van der Waals surface area contributed by atoms with Gasteiger partial charge in [-0.05, 0) is 74.2 Å². The number of imidazole rings is 1. The summed E-state index contributed by atoms with van der Waals surface area (Å²) in [6, 6.07) is 9.89. The van der Waals surface area contributed by atoms with Gasteiger partial charge < -0.3 is 14.4 Å². The zero-order valence-corrected chi connectivity index (χ0v) is 15.6. The van der Waals surface area contributed by atoms with Crippen LogP contribution in [-0.2, 0) is 13.2 Å². The van der Waals surface area contributed by atoms with Crippen molar-refractivity contribution in [3.8, 4) is 5.75 Å². The third kappa shape index (κ3) is 3.80. The molecule has 0 saturated carbocycles. The Hall–Kier alpha value is -2.04. The maximum atomic E-state index is 9.62. The summed E-state index contributed by atoms with van der Waals surface area (Å²) in [5, 5.41) is 10.4. The lowest BCUT2D eigenvalue weighted by molar-refractivity contribution is 0.261. The highest BCUT2D eigenvalue weighted by atomic mass is 35.5. The predicted molar refractivity (Wildman–Crippen MR) is 101 cm³/mol. The van der Waals surface area contributed by atoms with E-state index < -0.39 is 0 Å². The first-order valence-corrected chi connectivity index (χ1v) is 8.83. The molecule has 0 aliphatic heterocycles. The number of fused-ring (bicyclic) bond motifs is 1. The van der Waals surface area contributed by atoms with Gasteiger partial charge in [0.1, 0.15) is 18.2 Å². The molecule has 132 valence electrons. The topological polar surface area (TPSA) is 47.3 Å². The maximum absolute atomic E-state index is 9.62. The van der Waals surface area contributed by atoms with E-state index in [1.807, 2.05) is 25.1 Å². The molecule has 0 radical (unpaired) electrons. The zero-order chi connectivity index (χ0) is 18.0. The normalized spacial score (nSPS) is 11.2. The van der Waals surface area contributed by atoms with Crippen molar-refractivity contribution < 1.29 is 9.84 Å².